The molecule has 0 radical (unpaired) electrons. The van der Waals surface area contributed by atoms with Gasteiger partial charge in [0.1, 0.15) is 11.6 Å². The zero-order chi connectivity index (χ0) is 29.3. The highest BCUT2D eigenvalue weighted by Crippen LogP contribution is 2.32. The van der Waals surface area contributed by atoms with E-state index >= 15 is 4.39 Å². The Bertz CT molecular complexity index is 1690. The van der Waals surface area contributed by atoms with Gasteiger partial charge in [0, 0.05) is 34.9 Å². The molecule has 1 fully saturated rings. The summed E-state index contributed by atoms with van der Waals surface area (Å²) in [5, 5.41) is 4.48. The van der Waals surface area contributed by atoms with Crippen molar-refractivity contribution in [2.24, 2.45) is 0 Å². The van der Waals surface area contributed by atoms with Crippen molar-refractivity contribution in [3.63, 3.8) is 0 Å². The molecule has 0 amide bonds. The molecule has 1 aliphatic carbocycles. The van der Waals surface area contributed by atoms with Crippen molar-refractivity contribution in [3.8, 4) is 11.1 Å². The molecular weight excluding hydrogens is 561 g/mol. The van der Waals surface area contributed by atoms with E-state index in [9.17, 15) is 8.42 Å². The van der Waals surface area contributed by atoms with Crippen LogP contribution in [0.5, 0.6) is 0 Å². The first kappa shape index (κ1) is 29.4. The summed E-state index contributed by atoms with van der Waals surface area (Å²) in [6, 6.07) is 12.4. The summed E-state index contributed by atoms with van der Waals surface area (Å²) in [4.78, 5) is 16.1. The number of aryl methyl sites for hydroxylation is 2. The molecule has 2 aromatic carbocycles. The van der Waals surface area contributed by atoms with Crippen molar-refractivity contribution >= 4 is 38.3 Å². The number of halogens is 2. The molecular formula is C31H35ClFN5O2S. The van der Waals surface area contributed by atoms with E-state index in [1.807, 2.05) is 18.3 Å². The normalized spacial score (nSPS) is 17.7. The molecule has 4 aromatic rings. The molecule has 41 heavy (non-hydrogen) atoms. The number of nitrogens with one attached hydrogen (secondary N) is 1. The number of benzene rings is 2. The zero-order valence-electron chi connectivity index (χ0n) is 23.8. The van der Waals surface area contributed by atoms with Gasteiger partial charge in [-0.15, -0.1) is 0 Å². The Balaban J connectivity index is 1.41. The van der Waals surface area contributed by atoms with Crippen LogP contribution in [0.4, 0.5) is 10.3 Å². The lowest BCUT2D eigenvalue weighted by Crippen LogP contribution is -2.36. The van der Waals surface area contributed by atoms with Gasteiger partial charge in [0.2, 0.25) is 5.95 Å². The van der Waals surface area contributed by atoms with Crippen LogP contribution in [0, 0.1) is 12.7 Å². The van der Waals surface area contributed by atoms with Crippen LogP contribution in [0.3, 0.4) is 0 Å². The Morgan fingerprint density at radius 1 is 1.07 bits per heavy atom. The standard InChI is InChI=1S/C31H35ClFN5O2S/c1-5-20-14-21(15-22-17-34-31(37-30(20)22)36-23-10-12-24(13-11-23)38(3)4)25-16-27(33)28(35-19(25)2)18-41(39,40)29-9-7-6-8-26(29)32/h6-9,14-17,23-24H,5,10-13,18H2,1-4H3,(H,34,36,37). The smallest absolute Gasteiger partial charge is 0.223 e. The summed E-state index contributed by atoms with van der Waals surface area (Å²) in [6.45, 7) is 3.81. The van der Waals surface area contributed by atoms with Gasteiger partial charge in [-0.1, -0.05) is 30.7 Å². The van der Waals surface area contributed by atoms with Gasteiger partial charge in [0.25, 0.3) is 0 Å². The van der Waals surface area contributed by atoms with Crippen molar-refractivity contribution in [1.29, 1.82) is 0 Å². The van der Waals surface area contributed by atoms with E-state index in [-0.39, 0.29) is 15.6 Å². The van der Waals surface area contributed by atoms with Gasteiger partial charge in [-0.2, -0.15) is 0 Å². The second kappa shape index (κ2) is 12.0. The minimum atomic E-state index is -3.88. The molecule has 7 nitrogen and oxygen atoms in total. The molecule has 2 aromatic heterocycles. The number of fused-ring (bicyclic) bond motifs is 1. The largest absolute Gasteiger partial charge is 0.351 e. The molecule has 216 valence electrons. The molecule has 0 bridgehead atoms. The predicted octanol–water partition coefficient (Wildman–Crippen LogP) is 6.61. The summed E-state index contributed by atoms with van der Waals surface area (Å²) in [7, 11) is 0.394. The molecule has 0 saturated heterocycles. The Hall–Kier alpha value is -3.14. The van der Waals surface area contributed by atoms with Crippen molar-refractivity contribution in [2.45, 2.75) is 68.7 Å². The molecule has 0 aliphatic heterocycles. The van der Waals surface area contributed by atoms with E-state index in [2.05, 4.69) is 41.2 Å². The lowest BCUT2D eigenvalue weighted by molar-refractivity contribution is 0.221. The number of nitrogens with zero attached hydrogens (tertiary/aromatic N) is 4. The van der Waals surface area contributed by atoms with Gasteiger partial charge in [-0.05, 0) is 94.6 Å². The van der Waals surface area contributed by atoms with Gasteiger partial charge < -0.3 is 10.2 Å². The van der Waals surface area contributed by atoms with Crippen molar-refractivity contribution < 1.29 is 12.8 Å². The Kier molecular flexibility index (Phi) is 8.59. The van der Waals surface area contributed by atoms with Gasteiger partial charge in [-0.25, -0.2) is 22.8 Å². The van der Waals surface area contributed by atoms with Crippen LogP contribution in [0.25, 0.3) is 22.0 Å². The maximum absolute atomic E-state index is 15.3. The van der Waals surface area contributed by atoms with Gasteiger partial charge in [-0.3, -0.25) is 4.98 Å². The summed E-state index contributed by atoms with van der Waals surface area (Å²) in [5.74, 6) is -0.637. The molecule has 0 spiro atoms. The van der Waals surface area contributed by atoms with Crippen LogP contribution in [-0.4, -0.2) is 54.4 Å². The highest BCUT2D eigenvalue weighted by Gasteiger charge is 2.24. The van der Waals surface area contributed by atoms with Gasteiger partial charge >= 0.3 is 0 Å². The van der Waals surface area contributed by atoms with Crippen LogP contribution in [0.1, 0.15) is 49.6 Å². The number of rotatable bonds is 8. The first-order valence-corrected chi connectivity index (χ1v) is 15.9. The highest BCUT2D eigenvalue weighted by molar-refractivity contribution is 7.90. The average Bonchev–Trinajstić information content (AvgIpc) is 2.94. The maximum atomic E-state index is 15.3. The topological polar surface area (TPSA) is 88.1 Å². The number of pyridine rings is 1. The Morgan fingerprint density at radius 2 is 1.80 bits per heavy atom. The van der Waals surface area contributed by atoms with Gasteiger partial charge in [0.05, 0.1) is 21.1 Å². The van der Waals surface area contributed by atoms with Gasteiger partial charge in [0.15, 0.2) is 9.84 Å². The maximum Gasteiger partial charge on any atom is 0.223 e. The fourth-order valence-electron chi connectivity index (χ4n) is 5.61. The molecule has 1 aliphatic rings. The Morgan fingerprint density at radius 3 is 2.49 bits per heavy atom. The van der Waals surface area contributed by atoms with E-state index in [1.54, 1.807) is 19.1 Å². The minimum absolute atomic E-state index is 0.0400. The van der Waals surface area contributed by atoms with E-state index in [4.69, 9.17) is 16.6 Å². The summed E-state index contributed by atoms with van der Waals surface area (Å²) in [6.07, 6.45) is 7.00. The summed E-state index contributed by atoms with van der Waals surface area (Å²) < 4.78 is 41.2. The van der Waals surface area contributed by atoms with Crippen LogP contribution in [0.2, 0.25) is 5.02 Å². The SMILES string of the molecule is CCc1cc(-c2cc(F)c(CS(=O)(=O)c3ccccc3Cl)nc2C)cc2cnc(NC3CCC(N(C)C)CC3)nc12. The lowest BCUT2D eigenvalue weighted by atomic mass is 9.90. The third-order valence-corrected chi connectivity index (χ3v) is 10.1. The van der Waals surface area contributed by atoms with E-state index in [0.717, 1.165) is 54.1 Å². The van der Waals surface area contributed by atoms with Crippen LogP contribution >= 0.6 is 11.6 Å². The minimum Gasteiger partial charge on any atom is -0.351 e. The molecule has 2 heterocycles. The average molecular weight is 596 g/mol. The molecule has 0 atom stereocenters. The molecule has 1 saturated carbocycles. The third-order valence-electron chi connectivity index (χ3n) is 7.95. The van der Waals surface area contributed by atoms with E-state index in [0.29, 0.717) is 29.3 Å². The third kappa shape index (κ3) is 6.37. The highest BCUT2D eigenvalue weighted by atomic mass is 35.5. The molecule has 5 rings (SSSR count). The van der Waals surface area contributed by atoms with Crippen LogP contribution < -0.4 is 5.32 Å². The monoisotopic (exact) mass is 595 g/mol. The second-order valence-electron chi connectivity index (χ2n) is 11.0. The summed E-state index contributed by atoms with van der Waals surface area (Å²) >= 11 is 6.09. The fourth-order valence-corrected chi connectivity index (χ4v) is 7.47. The second-order valence-corrected chi connectivity index (χ2v) is 13.3. The van der Waals surface area contributed by atoms with Crippen molar-refractivity contribution in [1.82, 2.24) is 19.9 Å². The Labute approximate surface area is 246 Å². The summed E-state index contributed by atoms with van der Waals surface area (Å²) in [5.41, 5.74) is 3.66. The van der Waals surface area contributed by atoms with Crippen molar-refractivity contribution in [2.75, 3.05) is 19.4 Å². The fraction of sp³-hybridized carbons (Fsp3) is 0.387. The molecule has 10 heteroatoms. The predicted molar refractivity (Wildman–Crippen MR) is 163 cm³/mol. The van der Waals surface area contributed by atoms with E-state index < -0.39 is 21.4 Å². The number of anilines is 1. The molecule has 1 N–H and O–H groups in total. The van der Waals surface area contributed by atoms with E-state index in [1.165, 1.54) is 18.2 Å². The number of sulfone groups is 1. The number of hydrogen-bond donors (Lipinski definition) is 1. The van der Waals surface area contributed by atoms with Crippen molar-refractivity contribution in [3.05, 3.63) is 76.5 Å². The lowest BCUT2D eigenvalue weighted by Gasteiger charge is -2.33. The van der Waals surface area contributed by atoms with Crippen LogP contribution in [0.15, 0.2) is 53.6 Å². The number of aromatic nitrogens is 3. The first-order valence-electron chi connectivity index (χ1n) is 13.9. The first-order chi connectivity index (χ1) is 19.6. The zero-order valence-corrected chi connectivity index (χ0v) is 25.4. The quantitative estimate of drug-likeness (QED) is 0.245. The number of hydrogen-bond acceptors (Lipinski definition) is 7. The van der Waals surface area contributed by atoms with Crippen LogP contribution in [-0.2, 0) is 22.0 Å². The molecule has 0 unspecified atom stereocenters.